The van der Waals surface area contributed by atoms with Crippen molar-refractivity contribution >= 4 is 11.8 Å². The van der Waals surface area contributed by atoms with Crippen molar-refractivity contribution in [1.82, 2.24) is 10.2 Å². The van der Waals surface area contributed by atoms with Crippen LogP contribution in [0.25, 0.3) is 0 Å². The van der Waals surface area contributed by atoms with Gasteiger partial charge in [0.25, 0.3) is 0 Å². The van der Waals surface area contributed by atoms with E-state index in [1.165, 1.54) is 0 Å². The van der Waals surface area contributed by atoms with Gasteiger partial charge in [-0.05, 0) is 72.1 Å². The molecule has 1 rings (SSSR count). The molecule has 0 radical (unpaired) electrons. The van der Waals surface area contributed by atoms with Gasteiger partial charge in [0.2, 0.25) is 11.8 Å². The number of rotatable bonds is 17. The molecule has 1 fully saturated rings. The predicted octanol–water partition coefficient (Wildman–Crippen LogP) is 6.48. The molecule has 0 bridgehead atoms. The van der Waals surface area contributed by atoms with Crippen molar-refractivity contribution in [2.24, 2.45) is 0 Å². The second-order valence-electron chi connectivity index (χ2n) is 9.31. The number of carbonyl (C=O) groups is 2. The van der Waals surface area contributed by atoms with Gasteiger partial charge in [0.05, 0.1) is 0 Å². The van der Waals surface area contributed by atoms with E-state index in [0.29, 0.717) is 18.7 Å². The molecule has 176 valence electrons. The third kappa shape index (κ3) is 14.0. The SMILES string of the molecule is CCCCCC(=O)N(CC/C=C\C/C=C\C/C=C\CCCC(=O)NC1(C)CC1)C(C)C. The molecular weight excluding hydrogens is 384 g/mol. The predicted molar refractivity (Wildman–Crippen MR) is 132 cm³/mol. The van der Waals surface area contributed by atoms with Crippen molar-refractivity contribution in [3.63, 3.8) is 0 Å². The Bertz CT molecular complexity index is 600. The molecule has 0 saturated heterocycles. The summed E-state index contributed by atoms with van der Waals surface area (Å²) in [5, 5.41) is 3.10. The minimum Gasteiger partial charge on any atom is -0.351 e. The van der Waals surface area contributed by atoms with Gasteiger partial charge >= 0.3 is 0 Å². The van der Waals surface area contributed by atoms with Gasteiger partial charge in [-0.3, -0.25) is 9.59 Å². The number of hydrogen-bond donors (Lipinski definition) is 1. The lowest BCUT2D eigenvalue weighted by Crippen LogP contribution is -2.37. The molecule has 2 amide bonds. The molecule has 1 N–H and O–H groups in total. The summed E-state index contributed by atoms with van der Waals surface area (Å²) in [4.78, 5) is 26.1. The lowest BCUT2D eigenvalue weighted by atomic mass is 10.1. The molecule has 4 heteroatoms. The summed E-state index contributed by atoms with van der Waals surface area (Å²) in [7, 11) is 0. The number of hydrogen-bond acceptors (Lipinski definition) is 2. The van der Waals surface area contributed by atoms with Gasteiger partial charge in [-0.2, -0.15) is 0 Å². The lowest BCUT2D eigenvalue weighted by molar-refractivity contribution is -0.133. The number of carbonyl (C=O) groups excluding carboxylic acids is 2. The molecule has 0 aromatic rings. The quantitative estimate of drug-likeness (QED) is 0.212. The van der Waals surface area contributed by atoms with Crippen molar-refractivity contribution in [2.45, 2.75) is 116 Å². The summed E-state index contributed by atoms with van der Waals surface area (Å²) in [6.45, 7) is 9.28. The molecule has 31 heavy (non-hydrogen) atoms. The van der Waals surface area contributed by atoms with Gasteiger partial charge in [0.15, 0.2) is 0 Å². The van der Waals surface area contributed by atoms with Gasteiger partial charge in [-0.25, -0.2) is 0 Å². The van der Waals surface area contributed by atoms with Crippen LogP contribution in [0.3, 0.4) is 0 Å². The van der Waals surface area contributed by atoms with Crippen LogP contribution in [0.1, 0.15) is 105 Å². The molecule has 1 aliphatic rings. The Kier molecular flexibility index (Phi) is 13.9. The van der Waals surface area contributed by atoms with Gasteiger partial charge in [0, 0.05) is 31.0 Å². The second-order valence-corrected chi connectivity index (χ2v) is 9.31. The van der Waals surface area contributed by atoms with E-state index >= 15 is 0 Å². The van der Waals surface area contributed by atoms with Gasteiger partial charge in [0.1, 0.15) is 0 Å². The summed E-state index contributed by atoms with van der Waals surface area (Å²) in [5.74, 6) is 0.485. The first kappa shape index (κ1) is 27.2. The Morgan fingerprint density at radius 1 is 0.903 bits per heavy atom. The maximum absolute atomic E-state index is 12.3. The van der Waals surface area contributed by atoms with Crippen LogP contribution in [0.5, 0.6) is 0 Å². The van der Waals surface area contributed by atoms with Crippen molar-refractivity contribution in [3.05, 3.63) is 36.5 Å². The smallest absolute Gasteiger partial charge is 0.222 e. The third-order valence-electron chi connectivity index (χ3n) is 5.73. The van der Waals surface area contributed by atoms with E-state index in [9.17, 15) is 9.59 Å². The number of unbranched alkanes of at least 4 members (excludes halogenated alkanes) is 3. The van der Waals surface area contributed by atoms with E-state index in [4.69, 9.17) is 0 Å². The molecule has 0 heterocycles. The highest BCUT2D eigenvalue weighted by Gasteiger charge is 2.38. The molecule has 0 unspecified atom stereocenters. The van der Waals surface area contributed by atoms with Crippen LogP contribution >= 0.6 is 0 Å². The molecule has 1 saturated carbocycles. The molecule has 0 aliphatic heterocycles. The highest BCUT2D eigenvalue weighted by Crippen LogP contribution is 2.34. The van der Waals surface area contributed by atoms with Crippen molar-refractivity contribution in [2.75, 3.05) is 6.54 Å². The fraction of sp³-hybridized carbons (Fsp3) is 0.704. The first-order valence-corrected chi connectivity index (χ1v) is 12.4. The fourth-order valence-corrected chi connectivity index (χ4v) is 3.42. The number of allylic oxidation sites excluding steroid dienone is 5. The zero-order valence-electron chi connectivity index (χ0n) is 20.5. The number of amides is 2. The molecule has 1 aliphatic carbocycles. The number of nitrogens with one attached hydrogen (secondary N) is 1. The van der Waals surface area contributed by atoms with Crippen molar-refractivity contribution < 1.29 is 9.59 Å². The molecule has 0 atom stereocenters. The van der Waals surface area contributed by atoms with Crippen LogP contribution in [-0.2, 0) is 9.59 Å². The monoisotopic (exact) mass is 430 g/mol. The van der Waals surface area contributed by atoms with Crippen LogP contribution in [0, 0.1) is 0 Å². The Labute approximate surface area is 191 Å². The van der Waals surface area contributed by atoms with Gasteiger partial charge in [-0.1, -0.05) is 56.2 Å². The summed E-state index contributed by atoms with van der Waals surface area (Å²) in [6, 6.07) is 0.269. The molecular formula is C27H46N2O2. The molecule has 0 aromatic carbocycles. The Balaban J connectivity index is 2.06. The standard InChI is InChI=1S/C27H46N2O2/c1-5-6-16-20-26(31)29(24(2)3)23-18-15-13-11-9-7-8-10-12-14-17-19-25(30)28-27(4)21-22-27/h7,9-10,12-13,15,24H,5-6,8,11,14,16-23H2,1-4H3,(H,28,30)/b9-7-,12-10-,15-13-. The topological polar surface area (TPSA) is 49.4 Å². The lowest BCUT2D eigenvalue weighted by Gasteiger charge is -2.26. The fourth-order valence-electron chi connectivity index (χ4n) is 3.42. The maximum Gasteiger partial charge on any atom is 0.222 e. The molecule has 0 aromatic heterocycles. The maximum atomic E-state index is 12.3. The van der Waals surface area contributed by atoms with Crippen LogP contribution in [0.15, 0.2) is 36.5 Å². The summed E-state index contributed by atoms with van der Waals surface area (Å²) < 4.78 is 0. The molecule has 0 spiro atoms. The van der Waals surface area contributed by atoms with Crippen molar-refractivity contribution in [3.8, 4) is 0 Å². The third-order valence-corrected chi connectivity index (χ3v) is 5.73. The zero-order valence-corrected chi connectivity index (χ0v) is 20.5. The Morgan fingerprint density at radius 2 is 1.52 bits per heavy atom. The summed E-state index contributed by atoms with van der Waals surface area (Å²) in [6.07, 6.45) is 24.6. The molecule has 4 nitrogen and oxygen atoms in total. The largest absolute Gasteiger partial charge is 0.351 e. The first-order valence-electron chi connectivity index (χ1n) is 12.4. The minimum absolute atomic E-state index is 0.103. The second kappa shape index (κ2) is 15.9. The van der Waals surface area contributed by atoms with Crippen LogP contribution in [0.4, 0.5) is 0 Å². The summed E-state index contributed by atoms with van der Waals surface area (Å²) in [5.41, 5.74) is 0.103. The van der Waals surface area contributed by atoms with Crippen LogP contribution in [0.2, 0.25) is 0 Å². The first-order chi connectivity index (χ1) is 14.9. The number of nitrogens with zero attached hydrogens (tertiary/aromatic N) is 1. The highest BCUT2D eigenvalue weighted by molar-refractivity contribution is 5.77. The van der Waals surface area contributed by atoms with Crippen LogP contribution < -0.4 is 5.32 Å². The van der Waals surface area contributed by atoms with E-state index in [-0.39, 0.29) is 17.5 Å². The van der Waals surface area contributed by atoms with E-state index in [2.05, 4.69) is 69.5 Å². The Hall–Kier alpha value is -1.84. The highest BCUT2D eigenvalue weighted by atomic mass is 16.2. The van der Waals surface area contributed by atoms with Crippen molar-refractivity contribution in [1.29, 1.82) is 0 Å². The van der Waals surface area contributed by atoms with E-state index in [1.807, 2.05) is 4.90 Å². The van der Waals surface area contributed by atoms with E-state index in [0.717, 1.165) is 70.8 Å². The average molecular weight is 431 g/mol. The van der Waals surface area contributed by atoms with E-state index < -0.39 is 0 Å². The Morgan fingerprint density at radius 3 is 2.10 bits per heavy atom. The minimum atomic E-state index is 0.103. The van der Waals surface area contributed by atoms with E-state index in [1.54, 1.807) is 0 Å². The zero-order chi connectivity index (χ0) is 23.0. The summed E-state index contributed by atoms with van der Waals surface area (Å²) >= 11 is 0. The van der Waals surface area contributed by atoms with Crippen LogP contribution in [-0.4, -0.2) is 34.8 Å². The van der Waals surface area contributed by atoms with Gasteiger partial charge in [-0.15, -0.1) is 0 Å². The van der Waals surface area contributed by atoms with Gasteiger partial charge < -0.3 is 10.2 Å². The normalized spacial score (nSPS) is 15.4. The average Bonchev–Trinajstić information content (AvgIpc) is 3.44.